The molecule has 6 nitrogen and oxygen atoms in total. The molecule has 1 atom stereocenters. The van der Waals surface area contributed by atoms with E-state index in [1.165, 1.54) is 0 Å². The average Bonchev–Trinajstić information content (AvgIpc) is 2.84. The van der Waals surface area contributed by atoms with Gasteiger partial charge in [-0.05, 0) is 18.6 Å². The van der Waals surface area contributed by atoms with Crippen molar-refractivity contribution in [2.45, 2.75) is 18.9 Å². The number of aromatic nitrogens is 3. The van der Waals surface area contributed by atoms with Crippen LogP contribution in [0.1, 0.15) is 12.2 Å². The zero-order valence-electron chi connectivity index (χ0n) is 11.0. The number of rotatable bonds is 7. The fourth-order valence-corrected chi connectivity index (χ4v) is 1.81. The van der Waals surface area contributed by atoms with E-state index in [1.54, 1.807) is 11.0 Å². The summed E-state index contributed by atoms with van der Waals surface area (Å²) in [6.07, 6.45) is 3.08. The molecule has 2 rings (SSSR count). The van der Waals surface area contributed by atoms with Crippen LogP contribution in [-0.4, -0.2) is 27.4 Å². The maximum atomic E-state index is 5.65. The van der Waals surface area contributed by atoms with E-state index >= 15 is 0 Å². The fourth-order valence-electron chi connectivity index (χ4n) is 1.81. The molecule has 0 saturated heterocycles. The Bertz CT molecular complexity index is 485. The molecule has 0 radical (unpaired) electrons. The molecule has 3 N–H and O–H groups in total. The van der Waals surface area contributed by atoms with E-state index in [0.717, 1.165) is 24.4 Å². The number of aryl methyl sites for hydroxylation is 1. The van der Waals surface area contributed by atoms with Crippen LogP contribution in [0.2, 0.25) is 0 Å². The molecule has 2 aromatic rings. The van der Waals surface area contributed by atoms with Crippen molar-refractivity contribution in [1.82, 2.24) is 20.2 Å². The third-order valence-corrected chi connectivity index (χ3v) is 2.95. The minimum Gasteiger partial charge on any atom is -0.494 e. The molecule has 1 heterocycles. The summed E-state index contributed by atoms with van der Waals surface area (Å²) in [6, 6.07) is 9.86. The fraction of sp³-hybridized carbons (Fsp3) is 0.385. The Labute approximate surface area is 112 Å². The van der Waals surface area contributed by atoms with Crippen LogP contribution in [0.3, 0.4) is 0 Å². The van der Waals surface area contributed by atoms with Crippen LogP contribution in [0, 0.1) is 0 Å². The largest absolute Gasteiger partial charge is 0.494 e. The summed E-state index contributed by atoms with van der Waals surface area (Å²) in [6.45, 7) is 0.608. The Kier molecular flexibility index (Phi) is 4.88. The van der Waals surface area contributed by atoms with Gasteiger partial charge in [-0.2, -0.15) is 5.10 Å². The van der Waals surface area contributed by atoms with E-state index < -0.39 is 0 Å². The summed E-state index contributed by atoms with van der Waals surface area (Å²) < 4.78 is 7.40. The molecule has 19 heavy (non-hydrogen) atoms. The molecule has 0 aliphatic rings. The lowest BCUT2D eigenvalue weighted by molar-refractivity contribution is 0.283. The third-order valence-electron chi connectivity index (χ3n) is 2.95. The molecule has 1 aromatic heterocycles. The molecule has 102 valence electrons. The van der Waals surface area contributed by atoms with Gasteiger partial charge in [0.2, 0.25) is 0 Å². The van der Waals surface area contributed by atoms with E-state index in [0.29, 0.717) is 6.61 Å². The molecule has 0 bridgehead atoms. The van der Waals surface area contributed by atoms with E-state index in [1.807, 2.05) is 37.4 Å². The topological polar surface area (TPSA) is 78.0 Å². The lowest BCUT2D eigenvalue weighted by atomic mass is 10.1. The number of hydrogen-bond acceptors (Lipinski definition) is 5. The summed E-state index contributed by atoms with van der Waals surface area (Å²) in [5.74, 6) is 7.33. The zero-order chi connectivity index (χ0) is 13.5. The van der Waals surface area contributed by atoms with Gasteiger partial charge in [0.05, 0.1) is 6.61 Å². The number of hydrogen-bond donors (Lipinski definition) is 2. The maximum absolute atomic E-state index is 5.65. The lowest BCUT2D eigenvalue weighted by Gasteiger charge is -2.15. The molecule has 0 amide bonds. The number of nitrogens with two attached hydrogens (primary N) is 1. The van der Waals surface area contributed by atoms with Crippen LogP contribution in [-0.2, 0) is 13.5 Å². The molecule has 6 heteroatoms. The second-order valence-electron chi connectivity index (χ2n) is 4.32. The second-order valence-corrected chi connectivity index (χ2v) is 4.32. The maximum Gasteiger partial charge on any atom is 0.138 e. The van der Waals surface area contributed by atoms with Crippen molar-refractivity contribution >= 4 is 0 Å². The van der Waals surface area contributed by atoms with Gasteiger partial charge in [0.25, 0.3) is 0 Å². The standard InChI is InChI=1S/C13H19N5O/c1-18-13(15-10-16-18)9-11(17-14)7-8-19-12-5-3-2-4-6-12/h2-6,10-11,17H,7-9,14H2,1H3. The van der Waals surface area contributed by atoms with Crippen molar-refractivity contribution in [1.29, 1.82) is 0 Å². The highest BCUT2D eigenvalue weighted by molar-refractivity contribution is 5.20. The molecule has 1 unspecified atom stereocenters. The summed E-state index contributed by atoms with van der Waals surface area (Å²) in [7, 11) is 1.87. The van der Waals surface area contributed by atoms with Gasteiger partial charge < -0.3 is 4.74 Å². The lowest BCUT2D eigenvalue weighted by Crippen LogP contribution is -2.38. The van der Waals surface area contributed by atoms with Gasteiger partial charge >= 0.3 is 0 Å². The van der Waals surface area contributed by atoms with Crippen LogP contribution in [0.25, 0.3) is 0 Å². The van der Waals surface area contributed by atoms with Crippen molar-refractivity contribution < 1.29 is 4.74 Å². The van der Waals surface area contributed by atoms with E-state index in [2.05, 4.69) is 15.5 Å². The van der Waals surface area contributed by atoms with Crippen molar-refractivity contribution in [3.05, 3.63) is 42.5 Å². The van der Waals surface area contributed by atoms with Gasteiger partial charge in [-0.3, -0.25) is 16.0 Å². The van der Waals surface area contributed by atoms with E-state index in [-0.39, 0.29) is 6.04 Å². The highest BCUT2D eigenvalue weighted by Crippen LogP contribution is 2.09. The van der Waals surface area contributed by atoms with Crippen molar-refractivity contribution in [2.75, 3.05) is 6.61 Å². The van der Waals surface area contributed by atoms with Crippen LogP contribution in [0.15, 0.2) is 36.7 Å². The van der Waals surface area contributed by atoms with Gasteiger partial charge in [-0.15, -0.1) is 0 Å². The molecule has 0 fully saturated rings. The quantitative estimate of drug-likeness (QED) is 0.565. The van der Waals surface area contributed by atoms with Crippen molar-refractivity contribution in [2.24, 2.45) is 12.9 Å². The SMILES string of the molecule is Cn1ncnc1CC(CCOc1ccccc1)NN. The van der Waals surface area contributed by atoms with Crippen molar-refractivity contribution in [3.63, 3.8) is 0 Å². The predicted molar refractivity (Wildman–Crippen MR) is 72.4 cm³/mol. The highest BCUT2D eigenvalue weighted by atomic mass is 16.5. The van der Waals surface area contributed by atoms with Gasteiger partial charge in [0, 0.05) is 19.5 Å². The Morgan fingerprint density at radius 3 is 2.79 bits per heavy atom. The zero-order valence-corrected chi connectivity index (χ0v) is 11.0. The third kappa shape index (κ3) is 4.04. The van der Waals surface area contributed by atoms with Gasteiger partial charge in [-0.25, -0.2) is 4.98 Å². The number of nitrogens with zero attached hydrogens (tertiary/aromatic N) is 3. The Morgan fingerprint density at radius 1 is 1.37 bits per heavy atom. The Hall–Kier alpha value is -1.92. The number of benzene rings is 1. The minimum atomic E-state index is 0.117. The van der Waals surface area contributed by atoms with E-state index in [9.17, 15) is 0 Å². The molecule has 0 aliphatic heterocycles. The van der Waals surface area contributed by atoms with Gasteiger partial charge in [-0.1, -0.05) is 18.2 Å². The highest BCUT2D eigenvalue weighted by Gasteiger charge is 2.11. The monoisotopic (exact) mass is 261 g/mol. The Morgan fingerprint density at radius 2 is 2.16 bits per heavy atom. The van der Waals surface area contributed by atoms with Crippen LogP contribution >= 0.6 is 0 Å². The van der Waals surface area contributed by atoms with E-state index in [4.69, 9.17) is 10.6 Å². The molecular formula is C13H19N5O. The van der Waals surface area contributed by atoms with Crippen molar-refractivity contribution in [3.8, 4) is 5.75 Å². The Balaban J connectivity index is 1.78. The summed E-state index contributed by atoms with van der Waals surface area (Å²) in [5, 5.41) is 4.04. The summed E-state index contributed by atoms with van der Waals surface area (Å²) in [4.78, 5) is 4.19. The second kappa shape index (κ2) is 6.86. The first-order valence-corrected chi connectivity index (χ1v) is 6.26. The molecule has 0 spiro atoms. The summed E-state index contributed by atoms with van der Waals surface area (Å²) >= 11 is 0. The first kappa shape index (κ1) is 13.5. The molecule has 1 aromatic carbocycles. The normalized spacial score (nSPS) is 12.3. The first-order valence-electron chi connectivity index (χ1n) is 6.26. The molecule has 0 saturated carbocycles. The summed E-state index contributed by atoms with van der Waals surface area (Å²) in [5.41, 5.74) is 2.79. The molecule has 0 aliphatic carbocycles. The number of nitrogens with one attached hydrogen (secondary N) is 1. The smallest absolute Gasteiger partial charge is 0.138 e. The average molecular weight is 261 g/mol. The predicted octanol–water partition coefficient (Wildman–Crippen LogP) is 0.659. The van der Waals surface area contributed by atoms with Gasteiger partial charge in [0.1, 0.15) is 17.9 Å². The first-order chi connectivity index (χ1) is 9.29. The number of para-hydroxylation sites is 1. The molecular weight excluding hydrogens is 242 g/mol. The van der Waals surface area contributed by atoms with Crippen LogP contribution < -0.4 is 16.0 Å². The van der Waals surface area contributed by atoms with Crippen LogP contribution in [0.4, 0.5) is 0 Å². The van der Waals surface area contributed by atoms with Gasteiger partial charge in [0.15, 0.2) is 0 Å². The minimum absolute atomic E-state index is 0.117. The number of hydrazine groups is 1. The van der Waals surface area contributed by atoms with Crippen LogP contribution in [0.5, 0.6) is 5.75 Å². The number of ether oxygens (including phenoxy) is 1.